The summed E-state index contributed by atoms with van der Waals surface area (Å²) in [5, 5.41) is 13.2. The third-order valence-electron chi connectivity index (χ3n) is 4.78. The Morgan fingerprint density at radius 1 is 1.30 bits per heavy atom. The molecule has 0 amide bonds. The Morgan fingerprint density at radius 2 is 2.10 bits per heavy atom. The summed E-state index contributed by atoms with van der Waals surface area (Å²) in [5.41, 5.74) is -0.164. The standard InChI is InChI=1S/C14H28N2O3S/c1-2-15-14(12-17)6-3-5-13(11-14)16-7-4-9-20(18,19)10-8-16/h13,15,17H,2-12H2,1H3. The lowest BCUT2D eigenvalue weighted by atomic mass is 9.78. The molecule has 0 aromatic heterocycles. The van der Waals surface area contributed by atoms with Crippen molar-refractivity contribution in [1.29, 1.82) is 0 Å². The first kappa shape index (κ1) is 16.2. The van der Waals surface area contributed by atoms with Gasteiger partial charge in [0, 0.05) is 18.1 Å². The molecule has 1 saturated carbocycles. The van der Waals surface area contributed by atoms with E-state index < -0.39 is 9.84 Å². The van der Waals surface area contributed by atoms with E-state index in [2.05, 4.69) is 17.1 Å². The van der Waals surface area contributed by atoms with Gasteiger partial charge < -0.3 is 10.4 Å². The molecule has 6 heteroatoms. The van der Waals surface area contributed by atoms with Crippen LogP contribution in [0.5, 0.6) is 0 Å². The highest BCUT2D eigenvalue weighted by Gasteiger charge is 2.37. The number of hydrogen-bond acceptors (Lipinski definition) is 5. The summed E-state index contributed by atoms with van der Waals surface area (Å²) >= 11 is 0. The highest BCUT2D eigenvalue weighted by atomic mass is 32.2. The number of nitrogens with one attached hydrogen (secondary N) is 1. The average Bonchev–Trinajstić information content (AvgIpc) is 2.60. The lowest BCUT2D eigenvalue weighted by Gasteiger charge is -2.44. The number of rotatable bonds is 4. The minimum Gasteiger partial charge on any atom is -0.394 e. The van der Waals surface area contributed by atoms with Crippen molar-refractivity contribution in [2.75, 3.05) is 37.7 Å². The van der Waals surface area contributed by atoms with Gasteiger partial charge in [-0.15, -0.1) is 0 Å². The third kappa shape index (κ3) is 3.93. The average molecular weight is 304 g/mol. The van der Waals surface area contributed by atoms with Gasteiger partial charge in [-0.3, -0.25) is 4.90 Å². The SMILES string of the molecule is CCNC1(CO)CCCC(N2CCCS(=O)(=O)CC2)C1. The second-order valence-corrected chi connectivity index (χ2v) is 8.56. The van der Waals surface area contributed by atoms with Crippen LogP contribution >= 0.6 is 0 Å². The van der Waals surface area contributed by atoms with Crippen LogP contribution in [0.25, 0.3) is 0 Å². The van der Waals surface area contributed by atoms with Gasteiger partial charge in [0.05, 0.1) is 18.1 Å². The lowest BCUT2D eigenvalue weighted by molar-refractivity contribution is 0.0634. The Bertz CT molecular complexity index is 409. The predicted molar refractivity (Wildman–Crippen MR) is 80.6 cm³/mol. The Hall–Kier alpha value is -0.170. The number of nitrogens with zero attached hydrogens (tertiary/aromatic N) is 1. The van der Waals surface area contributed by atoms with E-state index in [1.807, 2.05) is 0 Å². The Balaban J connectivity index is 2.01. The summed E-state index contributed by atoms with van der Waals surface area (Å²) in [6.45, 7) is 4.63. The van der Waals surface area contributed by atoms with E-state index in [1.165, 1.54) is 0 Å². The highest BCUT2D eigenvalue weighted by molar-refractivity contribution is 7.91. The van der Waals surface area contributed by atoms with Gasteiger partial charge in [-0.25, -0.2) is 8.42 Å². The van der Waals surface area contributed by atoms with Crippen molar-refractivity contribution >= 4 is 9.84 Å². The van der Waals surface area contributed by atoms with Crippen LogP contribution in [0.2, 0.25) is 0 Å². The second kappa shape index (κ2) is 6.73. The number of aliphatic hydroxyl groups excluding tert-OH is 1. The first-order valence-electron chi connectivity index (χ1n) is 7.81. The van der Waals surface area contributed by atoms with Crippen LogP contribution in [0.3, 0.4) is 0 Å². The molecular formula is C14H28N2O3S. The Kier molecular flexibility index (Phi) is 5.45. The fraction of sp³-hybridized carbons (Fsp3) is 1.00. The molecule has 5 nitrogen and oxygen atoms in total. The molecule has 20 heavy (non-hydrogen) atoms. The maximum absolute atomic E-state index is 11.7. The molecule has 1 aliphatic carbocycles. The van der Waals surface area contributed by atoms with Gasteiger partial charge in [0.1, 0.15) is 0 Å². The zero-order valence-electron chi connectivity index (χ0n) is 12.5. The van der Waals surface area contributed by atoms with Crippen LogP contribution in [0.1, 0.15) is 39.0 Å². The van der Waals surface area contributed by atoms with Crippen molar-refractivity contribution in [1.82, 2.24) is 10.2 Å². The Morgan fingerprint density at radius 3 is 2.80 bits per heavy atom. The van der Waals surface area contributed by atoms with Gasteiger partial charge in [-0.05, 0) is 45.2 Å². The quantitative estimate of drug-likeness (QED) is 0.786. The van der Waals surface area contributed by atoms with Crippen molar-refractivity contribution in [3.63, 3.8) is 0 Å². The van der Waals surface area contributed by atoms with Crippen LogP contribution < -0.4 is 5.32 Å². The predicted octanol–water partition coefficient (Wildman–Crippen LogP) is 0.390. The van der Waals surface area contributed by atoms with E-state index in [9.17, 15) is 13.5 Å². The third-order valence-corrected chi connectivity index (χ3v) is 6.50. The first-order chi connectivity index (χ1) is 9.50. The van der Waals surface area contributed by atoms with E-state index in [-0.39, 0.29) is 17.9 Å². The van der Waals surface area contributed by atoms with Crippen molar-refractivity contribution in [3.05, 3.63) is 0 Å². The van der Waals surface area contributed by atoms with Crippen molar-refractivity contribution in [2.24, 2.45) is 0 Å². The topological polar surface area (TPSA) is 69.6 Å². The van der Waals surface area contributed by atoms with Gasteiger partial charge >= 0.3 is 0 Å². The van der Waals surface area contributed by atoms with Gasteiger partial charge in [0.25, 0.3) is 0 Å². The zero-order chi connectivity index (χ0) is 14.6. The smallest absolute Gasteiger partial charge is 0.151 e. The molecule has 1 aliphatic heterocycles. The first-order valence-corrected chi connectivity index (χ1v) is 9.63. The highest BCUT2D eigenvalue weighted by Crippen LogP contribution is 2.31. The fourth-order valence-corrected chi connectivity index (χ4v) is 4.99. The molecule has 2 rings (SSSR count). The number of likely N-dealkylation sites (N-methyl/N-ethyl adjacent to an activating group) is 1. The summed E-state index contributed by atoms with van der Waals surface area (Å²) in [7, 11) is -2.84. The second-order valence-electron chi connectivity index (χ2n) is 6.26. The molecule has 1 saturated heterocycles. The molecule has 0 aromatic carbocycles. The van der Waals surface area contributed by atoms with Crippen LogP contribution in [0.4, 0.5) is 0 Å². The minimum atomic E-state index is -2.84. The van der Waals surface area contributed by atoms with Gasteiger partial charge in [0.2, 0.25) is 0 Å². The molecule has 2 atom stereocenters. The number of hydrogen-bond donors (Lipinski definition) is 2. The molecule has 0 radical (unpaired) electrons. The monoisotopic (exact) mass is 304 g/mol. The summed E-state index contributed by atoms with van der Waals surface area (Å²) < 4.78 is 23.4. The molecule has 1 heterocycles. The minimum absolute atomic E-state index is 0.164. The van der Waals surface area contributed by atoms with Crippen molar-refractivity contribution in [3.8, 4) is 0 Å². The van der Waals surface area contributed by atoms with Gasteiger partial charge in [-0.1, -0.05) is 6.92 Å². The van der Waals surface area contributed by atoms with Crippen LogP contribution in [0.15, 0.2) is 0 Å². The van der Waals surface area contributed by atoms with E-state index in [1.54, 1.807) is 0 Å². The molecule has 118 valence electrons. The van der Waals surface area contributed by atoms with Gasteiger partial charge in [0.15, 0.2) is 9.84 Å². The molecule has 2 aliphatic rings. The maximum atomic E-state index is 11.7. The van der Waals surface area contributed by atoms with E-state index in [4.69, 9.17) is 0 Å². The van der Waals surface area contributed by atoms with Gasteiger partial charge in [-0.2, -0.15) is 0 Å². The maximum Gasteiger partial charge on any atom is 0.151 e. The molecule has 2 N–H and O–H groups in total. The molecule has 0 spiro atoms. The summed E-state index contributed by atoms with van der Waals surface area (Å²) in [6, 6.07) is 0.406. The summed E-state index contributed by atoms with van der Waals surface area (Å²) in [5.74, 6) is 0.616. The zero-order valence-corrected chi connectivity index (χ0v) is 13.3. The molecule has 0 aromatic rings. The van der Waals surface area contributed by atoms with E-state index in [0.29, 0.717) is 18.3 Å². The number of aliphatic hydroxyl groups is 1. The van der Waals surface area contributed by atoms with Crippen molar-refractivity contribution in [2.45, 2.75) is 50.6 Å². The number of sulfone groups is 1. The molecule has 2 unspecified atom stereocenters. The van der Waals surface area contributed by atoms with E-state index in [0.717, 1.165) is 45.2 Å². The summed E-state index contributed by atoms with van der Waals surface area (Å²) in [4.78, 5) is 2.34. The van der Waals surface area contributed by atoms with Crippen LogP contribution in [0, 0.1) is 0 Å². The Labute approximate surface area is 122 Å². The fourth-order valence-electron chi connectivity index (χ4n) is 3.70. The molecular weight excluding hydrogens is 276 g/mol. The molecule has 2 fully saturated rings. The molecule has 0 bridgehead atoms. The van der Waals surface area contributed by atoms with Crippen LogP contribution in [-0.2, 0) is 9.84 Å². The normalized spacial score (nSPS) is 35.6. The van der Waals surface area contributed by atoms with Crippen molar-refractivity contribution < 1.29 is 13.5 Å². The summed E-state index contributed by atoms with van der Waals surface area (Å²) in [6.07, 6.45) is 4.90. The van der Waals surface area contributed by atoms with E-state index >= 15 is 0 Å². The largest absolute Gasteiger partial charge is 0.394 e. The van der Waals surface area contributed by atoms with Crippen LogP contribution in [-0.4, -0.2) is 67.8 Å². The lowest BCUT2D eigenvalue weighted by Crippen LogP contribution is -2.56.